The lowest BCUT2D eigenvalue weighted by Gasteiger charge is -2.05. The van der Waals surface area contributed by atoms with E-state index in [4.69, 9.17) is 16.7 Å². The normalized spacial score (nSPS) is 9.94. The molecule has 0 radical (unpaired) electrons. The predicted molar refractivity (Wildman–Crippen MR) is 65.9 cm³/mol. The summed E-state index contributed by atoms with van der Waals surface area (Å²) in [5.41, 5.74) is 0.892. The summed E-state index contributed by atoms with van der Waals surface area (Å²) < 4.78 is 0. The van der Waals surface area contributed by atoms with Gasteiger partial charge in [-0.3, -0.25) is 0 Å². The topological polar surface area (TPSA) is 62.2 Å². The van der Waals surface area contributed by atoms with Crippen molar-refractivity contribution in [1.82, 2.24) is 4.98 Å². The molecule has 0 spiro atoms. The van der Waals surface area contributed by atoms with Crippen molar-refractivity contribution in [1.29, 1.82) is 0 Å². The molecule has 2 aromatic rings. The van der Waals surface area contributed by atoms with E-state index in [0.717, 1.165) is 0 Å². The third-order valence-electron chi connectivity index (χ3n) is 2.11. The van der Waals surface area contributed by atoms with Crippen LogP contribution < -0.4 is 5.32 Å². The van der Waals surface area contributed by atoms with Crippen molar-refractivity contribution in [2.75, 3.05) is 5.32 Å². The van der Waals surface area contributed by atoms with E-state index in [0.29, 0.717) is 16.5 Å². The molecule has 0 amide bonds. The van der Waals surface area contributed by atoms with Crippen LogP contribution in [0.4, 0.5) is 11.5 Å². The van der Waals surface area contributed by atoms with Crippen molar-refractivity contribution in [3.63, 3.8) is 0 Å². The minimum atomic E-state index is -0.960. The van der Waals surface area contributed by atoms with Gasteiger partial charge in [-0.1, -0.05) is 17.7 Å². The fourth-order valence-electron chi connectivity index (χ4n) is 1.33. The zero-order valence-electron chi connectivity index (χ0n) is 8.72. The van der Waals surface area contributed by atoms with E-state index in [-0.39, 0.29) is 5.56 Å². The van der Waals surface area contributed by atoms with Gasteiger partial charge in [-0.05, 0) is 30.3 Å². The van der Waals surface area contributed by atoms with Crippen molar-refractivity contribution in [3.05, 3.63) is 53.2 Å². The number of carbonyl (C=O) groups is 1. The Morgan fingerprint density at radius 3 is 2.76 bits per heavy atom. The summed E-state index contributed by atoms with van der Waals surface area (Å²) in [6.45, 7) is 0. The Balaban J connectivity index is 2.21. The molecule has 0 saturated carbocycles. The number of pyridine rings is 1. The number of rotatable bonds is 3. The van der Waals surface area contributed by atoms with Gasteiger partial charge in [0.1, 0.15) is 5.82 Å². The second-order valence-electron chi connectivity index (χ2n) is 3.37. The van der Waals surface area contributed by atoms with Gasteiger partial charge in [-0.2, -0.15) is 0 Å². The van der Waals surface area contributed by atoms with Gasteiger partial charge in [0, 0.05) is 11.9 Å². The zero-order chi connectivity index (χ0) is 12.3. The fraction of sp³-hybridized carbons (Fsp3) is 0. The number of aromatic carboxylic acids is 1. The largest absolute Gasteiger partial charge is 0.478 e. The molecule has 1 aromatic carbocycles. The van der Waals surface area contributed by atoms with E-state index in [2.05, 4.69) is 10.3 Å². The summed E-state index contributed by atoms with van der Waals surface area (Å²) in [7, 11) is 0. The van der Waals surface area contributed by atoms with Crippen molar-refractivity contribution < 1.29 is 9.90 Å². The van der Waals surface area contributed by atoms with Crippen LogP contribution in [-0.2, 0) is 0 Å². The van der Waals surface area contributed by atoms with Crippen molar-refractivity contribution in [2.45, 2.75) is 0 Å². The molecule has 1 aromatic heterocycles. The molecule has 0 saturated heterocycles. The molecule has 0 atom stereocenters. The van der Waals surface area contributed by atoms with Crippen LogP contribution in [-0.4, -0.2) is 16.1 Å². The number of nitrogens with one attached hydrogen (secondary N) is 1. The van der Waals surface area contributed by atoms with Crippen LogP contribution in [0.5, 0.6) is 0 Å². The Labute approximate surface area is 103 Å². The Hall–Kier alpha value is -2.07. The van der Waals surface area contributed by atoms with Crippen LogP contribution in [0, 0.1) is 0 Å². The zero-order valence-corrected chi connectivity index (χ0v) is 9.48. The van der Waals surface area contributed by atoms with Crippen LogP contribution in [0.15, 0.2) is 42.6 Å². The highest BCUT2D eigenvalue weighted by atomic mass is 35.5. The monoisotopic (exact) mass is 248 g/mol. The molecule has 2 N–H and O–H groups in total. The van der Waals surface area contributed by atoms with E-state index in [9.17, 15) is 4.79 Å². The third kappa shape index (κ3) is 2.95. The van der Waals surface area contributed by atoms with Crippen LogP contribution in [0.2, 0.25) is 5.02 Å². The minimum absolute atomic E-state index is 0.226. The number of hydrogen-bond acceptors (Lipinski definition) is 3. The number of benzene rings is 1. The van der Waals surface area contributed by atoms with Gasteiger partial charge in [-0.25, -0.2) is 9.78 Å². The molecule has 4 nitrogen and oxygen atoms in total. The summed E-state index contributed by atoms with van der Waals surface area (Å²) in [5, 5.41) is 12.4. The second-order valence-corrected chi connectivity index (χ2v) is 3.81. The van der Waals surface area contributed by atoms with E-state index in [1.807, 2.05) is 0 Å². The van der Waals surface area contributed by atoms with E-state index >= 15 is 0 Å². The smallest absolute Gasteiger partial charge is 0.335 e. The van der Waals surface area contributed by atoms with Gasteiger partial charge in [0.25, 0.3) is 0 Å². The number of hydrogen-bond donors (Lipinski definition) is 2. The summed E-state index contributed by atoms with van der Waals surface area (Å²) in [6.07, 6.45) is 1.52. The quantitative estimate of drug-likeness (QED) is 0.876. The van der Waals surface area contributed by atoms with Gasteiger partial charge < -0.3 is 10.4 Å². The van der Waals surface area contributed by atoms with Gasteiger partial charge >= 0.3 is 5.97 Å². The van der Waals surface area contributed by atoms with E-state index in [1.54, 1.807) is 30.3 Å². The molecular weight excluding hydrogens is 240 g/mol. The number of carboxylic acids is 1. The van der Waals surface area contributed by atoms with Crippen molar-refractivity contribution >= 4 is 29.1 Å². The first kappa shape index (κ1) is 11.4. The molecule has 17 heavy (non-hydrogen) atoms. The Morgan fingerprint density at radius 2 is 2.12 bits per heavy atom. The van der Waals surface area contributed by atoms with E-state index in [1.165, 1.54) is 12.3 Å². The molecule has 5 heteroatoms. The summed E-state index contributed by atoms with van der Waals surface area (Å²) in [5.74, 6) is -0.352. The van der Waals surface area contributed by atoms with Gasteiger partial charge in [-0.15, -0.1) is 0 Å². The molecule has 0 fully saturated rings. The van der Waals surface area contributed by atoms with E-state index < -0.39 is 5.97 Å². The van der Waals surface area contributed by atoms with Gasteiger partial charge in [0.05, 0.1) is 10.6 Å². The lowest BCUT2D eigenvalue weighted by molar-refractivity contribution is 0.0697. The lowest BCUT2D eigenvalue weighted by atomic mass is 10.2. The molecule has 0 aliphatic heterocycles. The first-order valence-corrected chi connectivity index (χ1v) is 5.25. The fourth-order valence-corrected chi connectivity index (χ4v) is 1.44. The lowest BCUT2D eigenvalue weighted by Crippen LogP contribution is -1.98. The van der Waals surface area contributed by atoms with Crippen LogP contribution >= 0.6 is 11.6 Å². The van der Waals surface area contributed by atoms with Crippen LogP contribution in [0.3, 0.4) is 0 Å². The average Bonchev–Trinajstić information content (AvgIpc) is 2.32. The highest BCUT2D eigenvalue weighted by Crippen LogP contribution is 2.17. The summed E-state index contributed by atoms with van der Waals surface area (Å²) >= 11 is 5.71. The number of carboxylic acid groups (broad SMARTS) is 1. The van der Waals surface area contributed by atoms with Crippen LogP contribution in [0.25, 0.3) is 0 Å². The van der Waals surface area contributed by atoms with Crippen molar-refractivity contribution in [2.24, 2.45) is 0 Å². The highest BCUT2D eigenvalue weighted by molar-refractivity contribution is 6.30. The molecule has 0 unspecified atom stereocenters. The number of aromatic nitrogens is 1. The summed E-state index contributed by atoms with van der Waals surface area (Å²) in [4.78, 5) is 14.8. The number of nitrogens with zero attached hydrogens (tertiary/aromatic N) is 1. The first-order valence-electron chi connectivity index (χ1n) is 4.87. The Kier molecular flexibility index (Phi) is 3.25. The second kappa shape index (κ2) is 4.84. The first-order chi connectivity index (χ1) is 8.15. The van der Waals surface area contributed by atoms with Gasteiger partial charge in [0.15, 0.2) is 0 Å². The molecule has 1 heterocycles. The minimum Gasteiger partial charge on any atom is -0.478 e. The Bertz CT molecular complexity index is 540. The third-order valence-corrected chi connectivity index (χ3v) is 2.33. The Morgan fingerprint density at radius 1 is 1.29 bits per heavy atom. The molecule has 0 aliphatic rings. The predicted octanol–water partition coefficient (Wildman–Crippen LogP) is 3.18. The number of halogens is 1. The maximum atomic E-state index is 10.8. The molecular formula is C12H9ClN2O2. The molecule has 0 bridgehead atoms. The SMILES string of the molecule is O=C(O)c1cccc(Nc2ccc(Cl)cn2)c1. The molecule has 86 valence electrons. The summed E-state index contributed by atoms with van der Waals surface area (Å²) in [6, 6.07) is 9.93. The maximum absolute atomic E-state index is 10.8. The highest BCUT2D eigenvalue weighted by Gasteiger charge is 2.03. The van der Waals surface area contributed by atoms with Gasteiger partial charge in [0.2, 0.25) is 0 Å². The molecule has 0 aliphatic carbocycles. The standard InChI is InChI=1S/C12H9ClN2O2/c13-9-4-5-11(14-7-9)15-10-3-1-2-8(6-10)12(16)17/h1-7H,(H,14,15)(H,16,17). The van der Waals surface area contributed by atoms with Crippen LogP contribution in [0.1, 0.15) is 10.4 Å². The molecule has 2 rings (SSSR count). The van der Waals surface area contributed by atoms with Crippen molar-refractivity contribution in [3.8, 4) is 0 Å². The maximum Gasteiger partial charge on any atom is 0.335 e. The average molecular weight is 249 g/mol. The number of anilines is 2.